The van der Waals surface area contributed by atoms with E-state index < -0.39 is 0 Å². The van der Waals surface area contributed by atoms with Gasteiger partial charge in [-0.2, -0.15) is 5.10 Å². The van der Waals surface area contributed by atoms with Crippen LogP contribution in [0.3, 0.4) is 0 Å². The molecule has 3 N–H and O–H groups in total. The Bertz CT molecular complexity index is 605. The van der Waals surface area contributed by atoms with Crippen LogP contribution in [0.25, 0.3) is 0 Å². The Morgan fingerprint density at radius 3 is 2.95 bits per heavy atom. The minimum absolute atomic E-state index is 0.210. The minimum Gasteiger partial charge on any atom is -0.493 e. The molecule has 0 saturated heterocycles. The maximum Gasteiger partial charge on any atom is 0.148 e. The molecule has 1 aromatic carbocycles. The largest absolute Gasteiger partial charge is 0.493 e. The molecule has 0 bridgehead atoms. The summed E-state index contributed by atoms with van der Waals surface area (Å²) < 4.78 is 7.46. The van der Waals surface area contributed by atoms with Crippen LogP contribution >= 0.6 is 0 Å². The van der Waals surface area contributed by atoms with Gasteiger partial charge < -0.3 is 15.8 Å². The lowest BCUT2D eigenvalue weighted by Gasteiger charge is -2.27. The highest BCUT2D eigenvalue weighted by molar-refractivity contribution is 5.65. The number of rotatable bonds is 2. The highest BCUT2D eigenvalue weighted by Gasteiger charge is 2.23. The van der Waals surface area contributed by atoms with E-state index >= 15 is 0 Å². The van der Waals surface area contributed by atoms with Gasteiger partial charge in [0.2, 0.25) is 0 Å². The molecule has 19 heavy (non-hydrogen) atoms. The van der Waals surface area contributed by atoms with Crippen LogP contribution in [-0.4, -0.2) is 16.4 Å². The van der Waals surface area contributed by atoms with E-state index in [0.717, 1.165) is 23.7 Å². The fourth-order valence-electron chi connectivity index (χ4n) is 2.50. The second-order valence-corrected chi connectivity index (χ2v) is 4.84. The first kappa shape index (κ1) is 11.9. The maximum atomic E-state index is 6.06. The third-order valence-corrected chi connectivity index (χ3v) is 3.54. The number of nitrogen functional groups attached to an aromatic ring is 1. The van der Waals surface area contributed by atoms with Gasteiger partial charge in [-0.25, -0.2) is 0 Å². The summed E-state index contributed by atoms with van der Waals surface area (Å²) in [5.74, 6) is 1.82. The Kier molecular flexibility index (Phi) is 2.81. The SMILES string of the molecule is Cc1nn(C)c(NC2CCOc3ccccc32)c1N. The van der Waals surface area contributed by atoms with Crippen molar-refractivity contribution in [2.75, 3.05) is 17.7 Å². The van der Waals surface area contributed by atoms with E-state index in [1.807, 2.05) is 32.2 Å². The lowest BCUT2D eigenvalue weighted by molar-refractivity contribution is 0.274. The second kappa shape index (κ2) is 4.50. The quantitative estimate of drug-likeness (QED) is 0.867. The van der Waals surface area contributed by atoms with E-state index in [0.29, 0.717) is 12.3 Å². The zero-order valence-corrected chi connectivity index (χ0v) is 11.2. The summed E-state index contributed by atoms with van der Waals surface area (Å²) in [5, 5.41) is 7.82. The average Bonchev–Trinajstić information content (AvgIpc) is 2.66. The lowest BCUT2D eigenvalue weighted by atomic mass is 10.0. The maximum absolute atomic E-state index is 6.06. The molecule has 2 heterocycles. The Labute approximate surface area is 112 Å². The molecule has 0 radical (unpaired) electrons. The van der Waals surface area contributed by atoms with Crippen molar-refractivity contribution in [3.8, 4) is 5.75 Å². The number of anilines is 2. The Morgan fingerprint density at radius 2 is 2.21 bits per heavy atom. The summed E-state index contributed by atoms with van der Waals surface area (Å²) in [5.41, 5.74) is 8.80. The molecule has 1 unspecified atom stereocenters. The van der Waals surface area contributed by atoms with Crippen LogP contribution in [0.15, 0.2) is 24.3 Å². The van der Waals surface area contributed by atoms with Gasteiger partial charge in [0.1, 0.15) is 11.6 Å². The van der Waals surface area contributed by atoms with Gasteiger partial charge in [-0.1, -0.05) is 18.2 Å². The van der Waals surface area contributed by atoms with Gasteiger partial charge in [0.25, 0.3) is 0 Å². The zero-order valence-electron chi connectivity index (χ0n) is 11.2. The third kappa shape index (κ3) is 2.01. The summed E-state index contributed by atoms with van der Waals surface area (Å²) in [4.78, 5) is 0. The fourth-order valence-corrected chi connectivity index (χ4v) is 2.50. The molecule has 0 spiro atoms. The van der Waals surface area contributed by atoms with Gasteiger partial charge in [-0.3, -0.25) is 4.68 Å². The number of aromatic nitrogens is 2. The number of benzene rings is 1. The van der Waals surface area contributed by atoms with Crippen molar-refractivity contribution in [2.45, 2.75) is 19.4 Å². The van der Waals surface area contributed by atoms with E-state index in [1.165, 1.54) is 5.56 Å². The Hall–Kier alpha value is -2.17. The first-order chi connectivity index (χ1) is 9.16. The van der Waals surface area contributed by atoms with E-state index in [1.54, 1.807) is 4.68 Å². The highest BCUT2D eigenvalue weighted by Crippen LogP contribution is 2.35. The average molecular weight is 258 g/mol. The van der Waals surface area contributed by atoms with E-state index in [4.69, 9.17) is 10.5 Å². The van der Waals surface area contributed by atoms with Crippen LogP contribution in [0.2, 0.25) is 0 Å². The summed E-state index contributed by atoms with van der Waals surface area (Å²) in [6.07, 6.45) is 0.917. The molecular formula is C14H18N4O. The van der Waals surface area contributed by atoms with Gasteiger partial charge in [-0.15, -0.1) is 0 Å². The van der Waals surface area contributed by atoms with Gasteiger partial charge in [0.15, 0.2) is 0 Å². The molecule has 1 aliphatic rings. The molecule has 2 aromatic rings. The molecule has 0 saturated carbocycles. The van der Waals surface area contributed by atoms with Crippen LogP contribution in [0.4, 0.5) is 11.5 Å². The van der Waals surface area contributed by atoms with Crippen molar-refractivity contribution in [3.05, 3.63) is 35.5 Å². The number of aryl methyl sites for hydroxylation is 2. The number of nitrogens with two attached hydrogens (primary N) is 1. The molecule has 5 nitrogen and oxygen atoms in total. The van der Waals surface area contributed by atoms with Gasteiger partial charge in [-0.05, 0) is 13.0 Å². The lowest BCUT2D eigenvalue weighted by Crippen LogP contribution is -2.21. The predicted octanol–water partition coefficient (Wildman–Crippen LogP) is 2.25. The van der Waals surface area contributed by atoms with Crippen molar-refractivity contribution in [1.82, 2.24) is 9.78 Å². The number of hydrogen-bond acceptors (Lipinski definition) is 4. The Balaban J connectivity index is 1.93. The summed E-state index contributed by atoms with van der Waals surface area (Å²) in [6, 6.07) is 8.32. The predicted molar refractivity (Wildman–Crippen MR) is 75.3 cm³/mol. The fraction of sp³-hybridized carbons (Fsp3) is 0.357. The number of ether oxygens (including phenoxy) is 1. The van der Waals surface area contributed by atoms with E-state index in [9.17, 15) is 0 Å². The Morgan fingerprint density at radius 1 is 1.42 bits per heavy atom. The molecule has 0 amide bonds. The minimum atomic E-state index is 0.210. The monoisotopic (exact) mass is 258 g/mol. The van der Waals surface area contributed by atoms with Crippen molar-refractivity contribution in [2.24, 2.45) is 7.05 Å². The zero-order chi connectivity index (χ0) is 13.4. The van der Waals surface area contributed by atoms with Crippen LogP contribution in [-0.2, 0) is 7.05 Å². The molecule has 1 aromatic heterocycles. The molecule has 0 aliphatic carbocycles. The van der Waals surface area contributed by atoms with Crippen molar-refractivity contribution >= 4 is 11.5 Å². The van der Waals surface area contributed by atoms with Crippen LogP contribution in [0, 0.1) is 6.92 Å². The van der Waals surface area contributed by atoms with Crippen molar-refractivity contribution in [1.29, 1.82) is 0 Å². The number of nitrogens with one attached hydrogen (secondary N) is 1. The molecule has 5 heteroatoms. The van der Waals surface area contributed by atoms with Crippen molar-refractivity contribution in [3.63, 3.8) is 0 Å². The molecule has 1 atom stereocenters. The van der Waals surface area contributed by atoms with Gasteiger partial charge in [0.05, 0.1) is 24.0 Å². The topological polar surface area (TPSA) is 65.1 Å². The summed E-state index contributed by atoms with van der Waals surface area (Å²) in [7, 11) is 1.90. The number of hydrogen-bond donors (Lipinski definition) is 2. The smallest absolute Gasteiger partial charge is 0.148 e. The molecular weight excluding hydrogens is 240 g/mol. The highest BCUT2D eigenvalue weighted by atomic mass is 16.5. The van der Waals surface area contributed by atoms with E-state index in [2.05, 4.69) is 16.5 Å². The number of para-hydroxylation sites is 1. The van der Waals surface area contributed by atoms with Crippen LogP contribution in [0.1, 0.15) is 23.7 Å². The number of nitrogens with zero attached hydrogens (tertiary/aromatic N) is 2. The normalized spacial score (nSPS) is 17.7. The molecule has 0 fully saturated rings. The summed E-state index contributed by atoms with van der Waals surface area (Å²) >= 11 is 0. The molecule has 100 valence electrons. The first-order valence-electron chi connectivity index (χ1n) is 6.44. The molecule has 3 rings (SSSR count). The van der Waals surface area contributed by atoms with Crippen LogP contribution in [0.5, 0.6) is 5.75 Å². The van der Waals surface area contributed by atoms with Crippen LogP contribution < -0.4 is 15.8 Å². The summed E-state index contributed by atoms with van der Waals surface area (Å²) in [6.45, 7) is 2.63. The van der Waals surface area contributed by atoms with Crippen molar-refractivity contribution < 1.29 is 4.74 Å². The third-order valence-electron chi connectivity index (χ3n) is 3.54. The number of fused-ring (bicyclic) bond motifs is 1. The van der Waals surface area contributed by atoms with Gasteiger partial charge in [0, 0.05) is 19.0 Å². The first-order valence-corrected chi connectivity index (χ1v) is 6.44. The molecule has 1 aliphatic heterocycles. The van der Waals surface area contributed by atoms with Gasteiger partial charge >= 0.3 is 0 Å². The second-order valence-electron chi connectivity index (χ2n) is 4.84. The van der Waals surface area contributed by atoms with E-state index in [-0.39, 0.29) is 6.04 Å². The standard InChI is InChI=1S/C14H18N4O/c1-9-13(15)14(18(2)17-9)16-11-7-8-19-12-6-4-3-5-10(11)12/h3-6,11,16H,7-8,15H2,1-2H3.